The fourth-order valence-corrected chi connectivity index (χ4v) is 5.06. The van der Waals surface area contributed by atoms with Gasteiger partial charge < -0.3 is 15.1 Å². The number of fused-ring (bicyclic) bond motifs is 1. The van der Waals surface area contributed by atoms with Crippen LogP contribution in [0.1, 0.15) is 37.4 Å². The van der Waals surface area contributed by atoms with Crippen molar-refractivity contribution < 1.29 is 0 Å². The van der Waals surface area contributed by atoms with E-state index in [1.54, 1.807) is 0 Å². The van der Waals surface area contributed by atoms with Gasteiger partial charge in [-0.3, -0.25) is 0 Å². The minimum atomic E-state index is 0.170. The highest BCUT2D eigenvalue weighted by Gasteiger charge is 2.33. The number of anilines is 3. The van der Waals surface area contributed by atoms with Gasteiger partial charge in [-0.15, -0.1) is 0 Å². The summed E-state index contributed by atoms with van der Waals surface area (Å²) in [4.78, 5) is 5.02. The summed E-state index contributed by atoms with van der Waals surface area (Å²) in [6.45, 7) is 8.99. The molecule has 1 unspecified atom stereocenters. The van der Waals surface area contributed by atoms with Crippen LogP contribution in [0.25, 0.3) is 0 Å². The quantitative estimate of drug-likeness (QED) is 0.598. The van der Waals surface area contributed by atoms with Crippen molar-refractivity contribution >= 4 is 17.1 Å². The van der Waals surface area contributed by atoms with Gasteiger partial charge in [0.1, 0.15) is 0 Å². The molecule has 2 heterocycles. The maximum absolute atomic E-state index is 3.80. The van der Waals surface area contributed by atoms with Crippen LogP contribution in [0.2, 0.25) is 0 Å². The molecule has 1 N–H and O–H groups in total. The Morgan fingerprint density at radius 2 is 1.37 bits per heavy atom. The predicted molar refractivity (Wildman–Crippen MR) is 128 cm³/mol. The van der Waals surface area contributed by atoms with Crippen LogP contribution in [0.5, 0.6) is 0 Å². The van der Waals surface area contributed by atoms with Crippen molar-refractivity contribution in [1.29, 1.82) is 0 Å². The first-order valence-corrected chi connectivity index (χ1v) is 11.1. The highest BCUT2D eigenvalue weighted by atomic mass is 15.3. The smallest absolute Gasteiger partial charge is 0.0523 e. The lowest BCUT2D eigenvalue weighted by Crippen LogP contribution is -2.46. The fourth-order valence-electron chi connectivity index (χ4n) is 5.06. The second-order valence-corrected chi connectivity index (χ2v) is 9.24. The molecule has 154 valence electrons. The summed E-state index contributed by atoms with van der Waals surface area (Å²) in [5.41, 5.74) is 6.94. The van der Waals surface area contributed by atoms with E-state index in [0.29, 0.717) is 6.04 Å². The van der Waals surface area contributed by atoms with E-state index in [9.17, 15) is 0 Å². The number of piperazine rings is 1. The van der Waals surface area contributed by atoms with Crippen LogP contribution in [0.3, 0.4) is 0 Å². The molecule has 3 heteroatoms. The molecule has 3 aromatic rings. The molecule has 5 rings (SSSR count). The van der Waals surface area contributed by atoms with Gasteiger partial charge in [0.25, 0.3) is 0 Å². The van der Waals surface area contributed by atoms with Gasteiger partial charge in [-0.25, -0.2) is 0 Å². The van der Waals surface area contributed by atoms with Gasteiger partial charge in [0.05, 0.1) is 6.04 Å². The van der Waals surface area contributed by atoms with Crippen LogP contribution in [-0.4, -0.2) is 26.2 Å². The van der Waals surface area contributed by atoms with Gasteiger partial charge in [-0.1, -0.05) is 62.4 Å². The number of hydrogen-bond acceptors (Lipinski definition) is 3. The molecule has 0 saturated carbocycles. The number of nitrogens with one attached hydrogen (secondary N) is 1. The number of nitrogens with zero attached hydrogens (tertiary/aromatic N) is 2. The number of rotatable bonds is 3. The summed E-state index contributed by atoms with van der Waals surface area (Å²) in [6, 6.07) is 29.1. The second kappa shape index (κ2) is 7.71. The van der Waals surface area contributed by atoms with Crippen molar-refractivity contribution in [2.24, 2.45) is 0 Å². The minimum absolute atomic E-state index is 0.170. The van der Waals surface area contributed by atoms with Crippen LogP contribution in [0.4, 0.5) is 17.1 Å². The maximum Gasteiger partial charge on any atom is 0.0523 e. The molecular formula is C27H31N3. The summed E-state index contributed by atoms with van der Waals surface area (Å²) < 4.78 is 0. The Morgan fingerprint density at radius 1 is 0.733 bits per heavy atom. The van der Waals surface area contributed by atoms with Gasteiger partial charge in [0, 0.05) is 43.2 Å². The van der Waals surface area contributed by atoms with Gasteiger partial charge in [-0.05, 0) is 53.3 Å². The highest BCUT2D eigenvalue weighted by Crippen LogP contribution is 2.44. The number of benzene rings is 3. The normalized spacial score (nSPS) is 20.4. The van der Waals surface area contributed by atoms with E-state index in [-0.39, 0.29) is 5.41 Å². The van der Waals surface area contributed by atoms with E-state index in [1.165, 1.54) is 28.2 Å². The molecule has 0 bridgehead atoms. The van der Waals surface area contributed by atoms with E-state index in [0.717, 1.165) is 32.6 Å². The molecular weight excluding hydrogens is 366 g/mol. The number of para-hydroxylation sites is 2. The van der Waals surface area contributed by atoms with Gasteiger partial charge >= 0.3 is 0 Å². The van der Waals surface area contributed by atoms with Crippen molar-refractivity contribution in [2.45, 2.75) is 31.7 Å². The molecule has 30 heavy (non-hydrogen) atoms. The molecule has 1 saturated heterocycles. The van der Waals surface area contributed by atoms with E-state index in [2.05, 4.69) is 108 Å². The molecule has 0 radical (unpaired) electrons. The summed E-state index contributed by atoms with van der Waals surface area (Å²) in [5, 5.41) is 3.80. The largest absolute Gasteiger partial charge is 0.378 e. The van der Waals surface area contributed by atoms with Gasteiger partial charge in [-0.2, -0.15) is 0 Å². The summed E-state index contributed by atoms with van der Waals surface area (Å²) in [5.74, 6) is 0. The van der Waals surface area contributed by atoms with Crippen molar-refractivity contribution in [3.8, 4) is 0 Å². The topological polar surface area (TPSA) is 18.5 Å². The van der Waals surface area contributed by atoms with Gasteiger partial charge in [0.15, 0.2) is 0 Å². The van der Waals surface area contributed by atoms with Crippen molar-refractivity contribution in [3.63, 3.8) is 0 Å². The molecule has 2 aliphatic rings. The third-order valence-electron chi connectivity index (χ3n) is 6.74. The molecule has 2 aliphatic heterocycles. The van der Waals surface area contributed by atoms with Crippen molar-refractivity contribution in [1.82, 2.24) is 0 Å². The second-order valence-electron chi connectivity index (χ2n) is 9.24. The Hall–Kier alpha value is -2.94. The molecule has 0 aliphatic carbocycles. The standard InChI is InChI=1S/C27H31N3/c1-27(2)20-26(28-25-14-7-6-13-24(25)27)21-9-8-12-23(19-21)30-17-15-29(16-18-30)22-10-4-3-5-11-22/h3-14,19,26,28H,15-18,20H2,1-2H3. The minimum Gasteiger partial charge on any atom is -0.378 e. The van der Waals surface area contributed by atoms with E-state index in [1.807, 2.05) is 0 Å². The Labute approximate surface area is 180 Å². The average Bonchev–Trinajstić information content (AvgIpc) is 2.79. The van der Waals surface area contributed by atoms with E-state index in [4.69, 9.17) is 0 Å². The Morgan fingerprint density at radius 3 is 2.13 bits per heavy atom. The van der Waals surface area contributed by atoms with Crippen LogP contribution in [0, 0.1) is 0 Å². The Kier molecular flexibility index (Phi) is 4.90. The average molecular weight is 398 g/mol. The molecule has 3 nitrogen and oxygen atoms in total. The van der Waals surface area contributed by atoms with E-state index >= 15 is 0 Å². The zero-order chi connectivity index (χ0) is 20.6. The lowest BCUT2D eigenvalue weighted by atomic mass is 9.74. The van der Waals surface area contributed by atoms with Crippen molar-refractivity contribution in [2.75, 3.05) is 41.3 Å². The zero-order valence-electron chi connectivity index (χ0n) is 18.0. The molecule has 0 spiro atoms. The zero-order valence-corrected chi connectivity index (χ0v) is 18.0. The fraction of sp³-hybridized carbons (Fsp3) is 0.333. The van der Waals surface area contributed by atoms with Crippen LogP contribution >= 0.6 is 0 Å². The summed E-state index contributed by atoms with van der Waals surface area (Å²) >= 11 is 0. The summed E-state index contributed by atoms with van der Waals surface area (Å²) in [6.07, 6.45) is 1.11. The maximum atomic E-state index is 3.80. The number of hydrogen-bond donors (Lipinski definition) is 1. The molecule has 0 amide bonds. The first-order valence-electron chi connectivity index (χ1n) is 11.1. The van der Waals surface area contributed by atoms with Crippen molar-refractivity contribution in [3.05, 3.63) is 90.0 Å². The predicted octanol–water partition coefficient (Wildman–Crippen LogP) is 5.85. The van der Waals surface area contributed by atoms with Gasteiger partial charge in [0.2, 0.25) is 0 Å². The molecule has 1 fully saturated rings. The van der Waals surface area contributed by atoms with Crippen LogP contribution in [0.15, 0.2) is 78.9 Å². The first kappa shape index (κ1) is 19.0. The molecule has 1 atom stereocenters. The molecule has 3 aromatic carbocycles. The third-order valence-corrected chi connectivity index (χ3v) is 6.74. The first-order chi connectivity index (χ1) is 14.6. The monoisotopic (exact) mass is 397 g/mol. The lowest BCUT2D eigenvalue weighted by molar-refractivity contribution is 0.427. The van der Waals surface area contributed by atoms with Crippen LogP contribution in [-0.2, 0) is 5.41 Å². The van der Waals surface area contributed by atoms with E-state index < -0.39 is 0 Å². The highest BCUT2D eigenvalue weighted by molar-refractivity contribution is 5.60. The third kappa shape index (κ3) is 3.65. The SMILES string of the molecule is CC1(C)CC(c2cccc(N3CCN(c4ccccc4)CC3)c2)Nc2ccccc21. The Balaban J connectivity index is 1.32. The Bertz CT molecular complexity index is 1000. The summed E-state index contributed by atoms with van der Waals surface area (Å²) in [7, 11) is 0. The van der Waals surface area contributed by atoms with Crippen LogP contribution < -0.4 is 15.1 Å². The molecule has 0 aromatic heterocycles. The lowest BCUT2D eigenvalue weighted by Gasteiger charge is -2.40.